The zero-order chi connectivity index (χ0) is 13.9. The molecule has 2 N–H and O–H groups in total. The van der Waals surface area contributed by atoms with Gasteiger partial charge in [0.2, 0.25) is 15.6 Å². The fourth-order valence-electron chi connectivity index (χ4n) is 1.40. The van der Waals surface area contributed by atoms with E-state index in [1.807, 2.05) is 6.92 Å². The van der Waals surface area contributed by atoms with Crippen LogP contribution >= 0.6 is 11.3 Å². The molecule has 2 rings (SSSR count). The molecule has 0 aliphatic rings. The van der Waals surface area contributed by atoms with Crippen molar-refractivity contribution >= 4 is 21.4 Å². The number of aromatic nitrogens is 2. The Morgan fingerprint density at radius 2 is 2.21 bits per heavy atom. The number of hydrogen-bond acceptors (Lipinski definition) is 5. The van der Waals surface area contributed by atoms with E-state index < -0.39 is 10.0 Å². The van der Waals surface area contributed by atoms with Gasteiger partial charge in [-0.2, -0.15) is 0 Å². The summed E-state index contributed by atoms with van der Waals surface area (Å²) >= 11 is 1.48. The van der Waals surface area contributed by atoms with Gasteiger partial charge < -0.3 is 4.98 Å². The number of rotatable bonds is 5. The summed E-state index contributed by atoms with van der Waals surface area (Å²) in [6, 6.07) is 2.44. The van der Waals surface area contributed by atoms with Crippen molar-refractivity contribution < 1.29 is 8.42 Å². The van der Waals surface area contributed by atoms with Crippen LogP contribution in [-0.4, -0.2) is 18.4 Å². The lowest BCUT2D eigenvalue weighted by atomic mass is 10.4. The lowest BCUT2D eigenvalue weighted by Crippen LogP contribution is -2.24. The van der Waals surface area contributed by atoms with Crippen LogP contribution in [0.4, 0.5) is 0 Å². The zero-order valence-corrected chi connectivity index (χ0v) is 11.8. The van der Waals surface area contributed by atoms with Crippen LogP contribution in [-0.2, 0) is 23.0 Å². The minimum atomic E-state index is -3.63. The van der Waals surface area contributed by atoms with Crippen LogP contribution in [0.2, 0.25) is 0 Å². The molecule has 0 aliphatic heterocycles. The number of nitrogens with one attached hydrogen (secondary N) is 2. The normalized spacial score (nSPS) is 11.6. The summed E-state index contributed by atoms with van der Waals surface area (Å²) in [4.78, 5) is 18.5. The van der Waals surface area contributed by atoms with Crippen molar-refractivity contribution in [1.29, 1.82) is 0 Å². The van der Waals surface area contributed by atoms with Crippen molar-refractivity contribution in [3.05, 3.63) is 44.8 Å². The Balaban J connectivity index is 2.09. The highest BCUT2D eigenvalue weighted by atomic mass is 32.2. The number of pyridine rings is 1. The molecule has 0 saturated heterocycles. The summed E-state index contributed by atoms with van der Waals surface area (Å²) in [5.41, 5.74) is -0.341. The van der Waals surface area contributed by atoms with Crippen LogP contribution in [0.5, 0.6) is 0 Å². The molecule has 2 aromatic heterocycles. The topological polar surface area (TPSA) is 91.9 Å². The van der Waals surface area contributed by atoms with Crippen molar-refractivity contribution in [2.45, 2.75) is 24.8 Å². The van der Waals surface area contributed by atoms with E-state index in [1.165, 1.54) is 29.7 Å². The molecule has 19 heavy (non-hydrogen) atoms. The third-order valence-electron chi connectivity index (χ3n) is 2.43. The summed E-state index contributed by atoms with van der Waals surface area (Å²) in [7, 11) is -3.63. The molecular weight excluding hydrogens is 286 g/mol. The predicted molar refractivity (Wildman–Crippen MR) is 72.6 cm³/mol. The molecule has 0 fully saturated rings. The molecule has 0 aliphatic carbocycles. The van der Waals surface area contributed by atoms with E-state index in [1.54, 1.807) is 6.20 Å². The maximum absolute atomic E-state index is 11.9. The molecule has 0 radical (unpaired) electrons. The number of hydrogen-bond donors (Lipinski definition) is 2. The molecule has 8 heteroatoms. The highest BCUT2D eigenvalue weighted by Gasteiger charge is 2.14. The van der Waals surface area contributed by atoms with E-state index in [0.717, 1.165) is 11.3 Å². The number of aromatic amines is 1. The summed E-state index contributed by atoms with van der Waals surface area (Å²) in [6.07, 6.45) is 3.79. The van der Waals surface area contributed by atoms with Crippen LogP contribution in [0.1, 0.15) is 16.8 Å². The van der Waals surface area contributed by atoms with E-state index >= 15 is 0 Å². The van der Waals surface area contributed by atoms with Gasteiger partial charge in [0.05, 0.1) is 11.4 Å². The van der Waals surface area contributed by atoms with Crippen LogP contribution in [0.3, 0.4) is 0 Å². The molecule has 0 saturated carbocycles. The van der Waals surface area contributed by atoms with Gasteiger partial charge in [-0.25, -0.2) is 18.1 Å². The van der Waals surface area contributed by atoms with Crippen LogP contribution in [0.15, 0.2) is 34.2 Å². The van der Waals surface area contributed by atoms with Gasteiger partial charge in [-0.3, -0.25) is 4.79 Å². The first-order chi connectivity index (χ1) is 9.01. The molecule has 0 unspecified atom stereocenters. The molecule has 2 heterocycles. The van der Waals surface area contributed by atoms with Crippen LogP contribution in [0.25, 0.3) is 0 Å². The SMILES string of the molecule is CCc1cnc(CNS(=O)(=O)c2ccc(=O)[nH]c2)s1. The Hall–Kier alpha value is -1.51. The number of nitrogens with zero attached hydrogens (tertiary/aromatic N) is 1. The Bertz CT molecular complexity index is 698. The van der Waals surface area contributed by atoms with E-state index in [2.05, 4.69) is 14.7 Å². The minimum Gasteiger partial charge on any atom is -0.328 e. The van der Waals surface area contributed by atoms with E-state index in [9.17, 15) is 13.2 Å². The number of H-pyrrole nitrogens is 1. The summed E-state index contributed by atoms with van der Waals surface area (Å²) < 4.78 is 26.3. The highest BCUT2D eigenvalue weighted by Crippen LogP contribution is 2.14. The van der Waals surface area contributed by atoms with Gasteiger partial charge in [0, 0.05) is 23.3 Å². The van der Waals surface area contributed by atoms with Gasteiger partial charge in [0.1, 0.15) is 5.01 Å². The van der Waals surface area contributed by atoms with Crippen molar-refractivity contribution in [3.63, 3.8) is 0 Å². The van der Waals surface area contributed by atoms with Gasteiger partial charge in [0.25, 0.3) is 0 Å². The Kier molecular flexibility index (Phi) is 4.13. The predicted octanol–water partition coefficient (Wildman–Crippen LogP) is 0.872. The maximum Gasteiger partial charge on any atom is 0.247 e. The monoisotopic (exact) mass is 299 g/mol. The molecule has 0 amide bonds. The fourth-order valence-corrected chi connectivity index (χ4v) is 3.24. The van der Waals surface area contributed by atoms with Gasteiger partial charge in [-0.05, 0) is 12.5 Å². The third kappa shape index (κ3) is 3.49. The van der Waals surface area contributed by atoms with Crippen LogP contribution in [0, 0.1) is 0 Å². The van der Waals surface area contributed by atoms with Gasteiger partial charge in [0.15, 0.2) is 0 Å². The summed E-state index contributed by atoms with van der Waals surface area (Å²) in [6.45, 7) is 2.16. The van der Waals surface area contributed by atoms with Crippen molar-refractivity contribution in [3.8, 4) is 0 Å². The average molecular weight is 299 g/mol. The number of aryl methyl sites for hydroxylation is 1. The lowest BCUT2D eigenvalue weighted by Gasteiger charge is -2.04. The quantitative estimate of drug-likeness (QED) is 0.857. The van der Waals surface area contributed by atoms with Crippen molar-refractivity contribution in [2.75, 3.05) is 0 Å². The Morgan fingerprint density at radius 1 is 1.42 bits per heavy atom. The minimum absolute atomic E-state index is 0.0272. The Labute approximate surface area is 114 Å². The smallest absolute Gasteiger partial charge is 0.247 e. The fraction of sp³-hybridized carbons (Fsp3) is 0.273. The summed E-state index contributed by atoms with van der Waals surface area (Å²) in [5.74, 6) is 0. The average Bonchev–Trinajstić information content (AvgIpc) is 2.85. The molecule has 0 spiro atoms. The third-order valence-corrected chi connectivity index (χ3v) is 4.97. The lowest BCUT2D eigenvalue weighted by molar-refractivity contribution is 0.580. The van der Waals surface area contributed by atoms with Crippen molar-refractivity contribution in [2.24, 2.45) is 0 Å². The largest absolute Gasteiger partial charge is 0.328 e. The van der Waals surface area contributed by atoms with Gasteiger partial charge in [-0.1, -0.05) is 6.92 Å². The first-order valence-corrected chi connectivity index (χ1v) is 7.93. The molecule has 2 aromatic rings. The molecule has 0 atom stereocenters. The highest BCUT2D eigenvalue weighted by molar-refractivity contribution is 7.89. The second kappa shape index (κ2) is 5.64. The standard InChI is InChI=1S/C11H13N3O3S2/c1-2-8-5-13-11(18-8)7-14-19(16,17)9-3-4-10(15)12-6-9/h3-6,14H,2,7H2,1H3,(H,12,15). The molecule has 0 bridgehead atoms. The zero-order valence-electron chi connectivity index (χ0n) is 10.2. The molecule has 0 aromatic carbocycles. The summed E-state index contributed by atoms with van der Waals surface area (Å²) in [5, 5.41) is 0.713. The van der Waals surface area contributed by atoms with Gasteiger partial charge >= 0.3 is 0 Å². The van der Waals surface area contributed by atoms with Crippen LogP contribution < -0.4 is 10.3 Å². The number of sulfonamides is 1. The first-order valence-electron chi connectivity index (χ1n) is 5.63. The molecule has 6 nitrogen and oxygen atoms in total. The molecule has 102 valence electrons. The number of thiazole rings is 1. The van der Waals surface area contributed by atoms with E-state index in [-0.39, 0.29) is 17.0 Å². The Morgan fingerprint density at radius 3 is 2.79 bits per heavy atom. The maximum atomic E-state index is 11.9. The van der Waals surface area contributed by atoms with E-state index in [4.69, 9.17) is 0 Å². The van der Waals surface area contributed by atoms with Gasteiger partial charge in [-0.15, -0.1) is 11.3 Å². The van der Waals surface area contributed by atoms with E-state index in [0.29, 0.717) is 5.01 Å². The second-order valence-electron chi connectivity index (χ2n) is 3.79. The molecular formula is C11H13N3O3S2. The van der Waals surface area contributed by atoms with Crippen molar-refractivity contribution in [1.82, 2.24) is 14.7 Å². The second-order valence-corrected chi connectivity index (χ2v) is 6.75. The first kappa shape index (κ1) is 13.9.